The molecule has 1 heterocycles. The van der Waals surface area contributed by atoms with Crippen LogP contribution in [-0.2, 0) is 0 Å². The van der Waals surface area contributed by atoms with Crippen LogP contribution in [0.3, 0.4) is 0 Å². The Morgan fingerprint density at radius 1 is 1.04 bits per heavy atom. The Kier molecular flexibility index (Phi) is 4.89. The number of nitrogens with one attached hydrogen (secondary N) is 2. The first-order valence-electron chi connectivity index (χ1n) is 8.14. The van der Waals surface area contributed by atoms with Gasteiger partial charge in [-0.05, 0) is 30.3 Å². The Labute approximate surface area is 155 Å². The third-order valence-corrected chi connectivity index (χ3v) is 3.88. The predicted octanol–water partition coefficient (Wildman–Crippen LogP) is 1.64. The van der Waals surface area contributed by atoms with E-state index in [9.17, 15) is 14.4 Å². The van der Waals surface area contributed by atoms with Gasteiger partial charge in [0.05, 0.1) is 0 Å². The normalized spacial score (nSPS) is 10.5. The highest BCUT2D eigenvalue weighted by Crippen LogP contribution is 2.26. The first-order valence-corrected chi connectivity index (χ1v) is 8.14. The molecule has 0 unspecified atom stereocenters. The zero-order valence-corrected chi connectivity index (χ0v) is 15.1. The minimum Gasteiger partial charge on any atom is -0.457 e. The number of carbonyl (C=O) groups is 1. The van der Waals surface area contributed by atoms with E-state index in [-0.39, 0.29) is 17.3 Å². The number of hydrogen-bond donors (Lipinski definition) is 2. The number of rotatable bonds is 6. The van der Waals surface area contributed by atoms with Gasteiger partial charge in [0.25, 0.3) is 16.8 Å². The highest BCUT2D eigenvalue weighted by Gasteiger charge is 2.22. The average Bonchev–Trinajstić information content (AvgIpc) is 2.67. The topological polar surface area (TPSA) is 101 Å². The second kappa shape index (κ2) is 7.28. The summed E-state index contributed by atoms with van der Waals surface area (Å²) in [5, 5.41) is 5.46. The minimum absolute atomic E-state index is 0.254. The molecule has 8 nitrogen and oxygen atoms in total. The molecule has 0 atom stereocenters. The van der Waals surface area contributed by atoms with Gasteiger partial charge in [-0.1, -0.05) is 0 Å². The standard InChI is InChI=1S/C19H18N4O4/c1-20-19(26)14-10-13(8-9-21-14)27-12-6-4-11(5-7-12)22-15-16(23(2)3)18(25)17(15)24/h4-10,22H,1-3H3,(H,20,26). The maximum Gasteiger partial charge on any atom is 0.269 e. The van der Waals surface area contributed by atoms with Crippen LogP contribution in [0.4, 0.5) is 17.1 Å². The molecule has 0 aliphatic heterocycles. The highest BCUT2D eigenvalue weighted by atomic mass is 16.5. The molecule has 0 bridgehead atoms. The monoisotopic (exact) mass is 366 g/mol. The van der Waals surface area contributed by atoms with Crippen molar-refractivity contribution in [1.82, 2.24) is 10.3 Å². The van der Waals surface area contributed by atoms with Gasteiger partial charge in [0, 0.05) is 39.1 Å². The number of benzene rings is 1. The lowest BCUT2D eigenvalue weighted by molar-refractivity contribution is 0.0958. The van der Waals surface area contributed by atoms with Gasteiger partial charge in [0.15, 0.2) is 0 Å². The molecule has 0 spiro atoms. The van der Waals surface area contributed by atoms with Crippen molar-refractivity contribution < 1.29 is 9.53 Å². The SMILES string of the molecule is CNC(=O)c1cc(Oc2ccc(Nc3c(N(C)C)c(=O)c3=O)cc2)ccn1. The molecule has 1 amide bonds. The summed E-state index contributed by atoms with van der Waals surface area (Å²) in [5.41, 5.74) is 0.523. The van der Waals surface area contributed by atoms with Crippen molar-refractivity contribution >= 4 is 23.0 Å². The fourth-order valence-corrected chi connectivity index (χ4v) is 2.54. The minimum atomic E-state index is -0.530. The van der Waals surface area contributed by atoms with Crippen molar-refractivity contribution in [2.45, 2.75) is 0 Å². The fourth-order valence-electron chi connectivity index (χ4n) is 2.54. The number of aromatic nitrogens is 1. The largest absolute Gasteiger partial charge is 0.457 e. The quantitative estimate of drug-likeness (QED) is 0.640. The van der Waals surface area contributed by atoms with Crippen molar-refractivity contribution in [1.29, 1.82) is 0 Å². The van der Waals surface area contributed by atoms with Gasteiger partial charge in [-0.15, -0.1) is 0 Å². The molecule has 0 saturated heterocycles. The van der Waals surface area contributed by atoms with E-state index in [4.69, 9.17) is 4.74 Å². The van der Waals surface area contributed by atoms with Crippen LogP contribution in [0.1, 0.15) is 10.5 Å². The Morgan fingerprint density at radius 3 is 2.37 bits per heavy atom. The highest BCUT2D eigenvalue weighted by molar-refractivity contribution is 5.92. The molecular weight excluding hydrogens is 348 g/mol. The van der Waals surface area contributed by atoms with Gasteiger partial charge in [0.1, 0.15) is 28.6 Å². The van der Waals surface area contributed by atoms with Crippen molar-refractivity contribution in [2.24, 2.45) is 0 Å². The summed E-state index contributed by atoms with van der Waals surface area (Å²) in [6.07, 6.45) is 1.49. The van der Waals surface area contributed by atoms with Crippen LogP contribution in [0.2, 0.25) is 0 Å². The van der Waals surface area contributed by atoms with Crippen molar-refractivity contribution in [2.75, 3.05) is 31.4 Å². The van der Waals surface area contributed by atoms with E-state index in [1.807, 2.05) is 0 Å². The van der Waals surface area contributed by atoms with Gasteiger partial charge in [0.2, 0.25) is 0 Å². The molecule has 3 rings (SSSR count). The summed E-state index contributed by atoms with van der Waals surface area (Å²) in [4.78, 5) is 40.6. The molecule has 0 aliphatic rings. The van der Waals surface area contributed by atoms with E-state index in [1.54, 1.807) is 49.3 Å². The number of hydrogen-bond acceptors (Lipinski definition) is 7. The summed E-state index contributed by atoms with van der Waals surface area (Å²) in [6.45, 7) is 0. The maximum absolute atomic E-state index is 11.7. The van der Waals surface area contributed by atoms with Gasteiger partial charge in [-0.2, -0.15) is 0 Å². The molecule has 0 aliphatic carbocycles. The number of ether oxygens (including phenoxy) is 1. The van der Waals surface area contributed by atoms with Crippen molar-refractivity contribution in [3.8, 4) is 11.5 Å². The van der Waals surface area contributed by atoms with Gasteiger partial charge >= 0.3 is 0 Å². The van der Waals surface area contributed by atoms with Crippen LogP contribution in [0, 0.1) is 0 Å². The van der Waals surface area contributed by atoms with E-state index >= 15 is 0 Å². The smallest absolute Gasteiger partial charge is 0.269 e. The molecule has 2 N–H and O–H groups in total. The summed E-state index contributed by atoms with van der Waals surface area (Å²) < 4.78 is 5.72. The molecule has 0 radical (unpaired) electrons. The lowest BCUT2D eigenvalue weighted by atomic mass is 10.1. The molecule has 27 heavy (non-hydrogen) atoms. The number of anilines is 3. The Bertz CT molecular complexity index is 1050. The molecule has 2 aromatic carbocycles. The molecule has 8 heteroatoms. The van der Waals surface area contributed by atoms with Crippen molar-refractivity contribution in [3.63, 3.8) is 0 Å². The second-order valence-electron chi connectivity index (χ2n) is 5.98. The van der Waals surface area contributed by atoms with Crippen molar-refractivity contribution in [3.05, 3.63) is 68.7 Å². The van der Waals surface area contributed by atoms with Crippen LogP contribution in [0.5, 0.6) is 11.5 Å². The molecule has 0 saturated carbocycles. The van der Waals surface area contributed by atoms with Gasteiger partial charge < -0.3 is 20.3 Å². The Balaban J connectivity index is 1.73. The van der Waals surface area contributed by atoms with E-state index < -0.39 is 10.9 Å². The van der Waals surface area contributed by atoms with E-state index in [1.165, 1.54) is 19.3 Å². The number of pyridine rings is 1. The molecule has 138 valence electrons. The van der Waals surface area contributed by atoms with Gasteiger partial charge in [-0.25, -0.2) is 0 Å². The first-order chi connectivity index (χ1) is 12.9. The maximum atomic E-state index is 11.7. The van der Waals surface area contributed by atoms with Crippen LogP contribution < -0.4 is 31.1 Å². The molecule has 1 aromatic heterocycles. The number of carbonyl (C=O) groups excluding carboxylic acids is 1. The summed E-state index contributed by atoms with van der Waals surface area (Å²) in [6, 6.07) is 10.1. The summed E-state index contributed by atoms with van der Waals surface area (Å²) in [7, 11) is 4.95. The average molecular weight is 366 g/mol. The first kappa shape index (κ1) is 18.1. The Hall–Kier alpha value is -3.68. The lowest BCUT2D eigenvalue weighted by Gasteiger charge is -2.19. The van der Waals surface area contributed by atoms with E-state index in [0.29, 0.717) is 22.9 Å². The van der Waals surface area contributed by atoms with Crippen LogP contribution in [-0.4, -0.2) is 32.0 Å². The summed E-state index contributed by atoms with van der Waals surface area (Å²) >= 11 is 0. The zero-order chi connectivity index (χ0) is 19.6. The van der Waals surface area contributed by atoms with Crippen LogP contribution >= 0.6 is 0 Å². The van der Waals surface area contributed by atoms with Gasteiger partial charge in [-0.3, -0.25) is 19.4 Å². The fraction of sp³-hybridized carbons (Fsp3) is 0.158. The lowest BCUT2D eigenvalue weighted by Crippen LogP contribution is -2.39. The molecule has 3 aromatic rings. The second-order valence-corrected chi connectivity index (χ2v) is 5.98. The Morgan fingerprint density at radius 2 is 1.74 bits per heavy atom. The molecule has 0 fully saturated rings. The number of amides is 1. The van der Waals surface area contributed by atoms with Crippen LogP contribution in [0.25, 0.3) is 0 Å². The van der Waals surface area contributed by atoms with E-state index in [2.05, 4.69) is 15.6 Å². The molecular formula is C19H18N4O4. The third kappa shape index (κ3) is 3.64. The zero-order valence-electron chi connectivity index (χ0n) is 15.1. The number of nitrogens with zero attached hydrogens (tertiary/aromatic N) is 2. The van der Waals surface area contributed by atoms with Crippen LogP contribution in [0.15, 0.2) is 52.2 Å². The van der Waals surface area contributed by atoms with E-state index in [0.717, 1.165) is 0 Å². The third-order valence-electron chi connectivity index (χ3n) is 3.88. The summed E-state index contributed by atoms with van der Waals surface area (Å²) in [5.74, 6) is 0.721. The predicted molar refractivity (Wildman–Crippen MR) is 103 cm³/mol.